The van der Waals surface area contributed by atoms with Crippen LogP contribution in [0.1, 0.15) is 35.1 Å². The molecule has 5 nitrogen and oxygen atoms in total. The van der Waals surface area contributed by atoms with Crippen molar-refractivity contribution in [1.29, 1.82) is 0 Å². The van der Waals surface area contributed by atoms with Gasteiger partial charge in [-0.3, -0.25) is 9.59 Å². The summed E-state index contributed by atoms with van der Waals surface area (Å²) in [6.07, 6.45) is 0.549. The van der Waals surface area contributed by atoms with Gasteiger partial charge in [0.15, 0.2) is 0 Å². The van der Waals surface area contributed by atoms with Gasteiger partial charge in [-0.05, 0) is 33.3 Å². The molecule has 0 saturated carbocycles. The maximum absolute atomic E-state index is 12.4. The third-order valence-electron chi connectivity index (χ3n) is 3.94. The highest BCUT2D eigenvalue weighted by Crippen LogP contribution is 2.22. The lowest BCUT2D eigenvalue weighted by molar-refractivity contribution is -0.141. The number of amides is 1. The van der Waals surface area contributed by atoms with E-state index in [0.717, 1.165) is 17.9 Å². The number of aliphatic carboxylic acids is 1. The summed E-state index contributed by atoms with van der Waals surface area (Å²) in [5.74, 6) is -1.27. The van der Waals surface area contributed by atoms with Crippen molar-refractivity contribution in [1.82, 2.24) is 9.47 Å². The lowest BCUT2D eigenvalue weighted by Gasteiger charge is -2.16. The van der Waals surface area contributed by atoms with Crippen molar-refractivity contribution >= 4 is 11.9 Å². The van der Waals surface area contributed by atoms with Gasteiger partial charge in [-0.2, -0.15) is 0 Å². The molecule has 1 fully saturated rings. The van der Waals surface area contributed by atoms with Gasteiger partial charge in [-0.25, -0.2) is 0 Å². The predicted octanol–water partition coefficient (Wildman–Crippen LogP) is 1.67. The highest BCUT2D eigenvalue weighted by atomic mass is 16.4. The van der Waals surface area contributed by atoms with E-state index in [-0.39, 0.29) is 5.91 Å². The van der Waals surface area contributed by atoms with Crippen LogP contribution in [0.15, 0.2) is 6.07 Å². The number of carbonyl (C=O) groups is 2. The largest absolute Gasteiger partial charge is 0.481 e. The van der Waals surface area contributed by atoms with E-state index in [1.54, 1.807) is 4.90 Å². The van der Waals surface area contributed by atoms with Crippen LogP contribution in [0.4, 0.5) is 0 Å². The number of carboxylic acid groups (broad SMARTS) is 1. The molecule has 2 rings (SSSR count). The van der Waals surface area contributed by atoms with Crippen molar-refractivity contribution in [3.05, 3.63) is 23.0 Å². The molecule has 1 amide bonds. The minimum atomic E-state index is -0.811. The number of aryl methyl sites for hydroxylation is 1. The van der Waals surface area contributed by atoms with E-state index >= 15 is 0 Å². The maximum Gasteiger partial charge on any atom is 0.308 e. The third-order valence-corrected chi connectivity index (χ3v) is 3.94. The normalized spacial score (nSPS) is 18.9. The molecule has 0 aliphatic carbocycles. The molecule has 2 heterocycles. The van der Waals surface area contributed by atoms with Crippen LogP contribution in [-0.4, -0.2) is 39.5 Å². The van der Waals surface area contributed by atoms with Crippen LogP contribution in [0.25, 0.3) is 0 Å². The smallest absolute Gasteiger partial charge is 0.308 e. The van der Waals surface area contributed by atoms with E-state index in [2.05, 4.69) is 4.57 Å². The minimum absolute atomic E-state index is 0.0449. The summed E-state index contributed by atoms with van der Waals surface area (Å²) in [5, 5.41) is 8.98. The fourth-order valence-corrected chi connectivity index (χ4v) is 2.82. The molecule has 0 aromatic carbocycles. The SMILES string of the molecule is CCn1c(C)cc(C(=O)N2CC[C@@H](C(=O)O)C2)c1C. The van der Waals surface area contributed by atoms with Gasteiger partial charge in [-0.15, -0.1) is 0 Å². The first kappa shape index (κ1) is 13.6. The topological polar surface area (TPSA) is 62.5 Å². The minimum Gasteiger partial charge on any atom is -0.481 e. The van der Waals surface area contributed by atoms with Crippen LogP contribution in [-0.2, 0) is 11.3 Å². The van der Waals surface area contributed by atoms with Gasteiger partial charge in [0.1, 0.15) is 0 Å². The Kier molecular flexibility index (Phi) is 3.64. The maximum atomic E-state index is 12.4. The molecule has 19 heavy (non-hydrogen) atoms. The third kappa shape index (κ3) is 2.37. The van der Waals surface area contributed by atoms with Gasteiger partial charge in [0, 0.05) is 31.0 Å². The highest BCUT2D eigenvalue weighted by Gasteiger charge is 2.32. The summed E-state index contributed by atoms with van der Waals surface area (Å²) >= 11 is 0. The van der Waals surface area contributed by atoms with E-state index in [1.807, 2.05) is 26.8 Å². The monoisotopic (exact) mass is 264 g/mol. The quantitative estimate of drug-likeness (QED) is 0.903. The molecule has 1 aliphatic rings. The Morgan fingerprint density at radius 1 is 1.42 bits per heavy atom. The Hall–Kier alpha value is -1.78. The van der Waals surface area contributed by atoms with Crippen molar-refractivity contribution in [3.63, 3.8) is 0 Å². The fourth-order valence-electron chi connectivity index (χ4n) is 2.82. The molecule has 1 aromatic rings. The molecule has 0 bridgehead atoms. The lowest BCUT2D eigenvalue weighted by Crippen LogP contribution is -2.30. The Bertz CT molecular complexity index is 519. The van der Waals surface area contributed by atoms with Crippen molar-refractivity contribution in [2.24, 2.45) is 5.92 Å². The summed E-state index contributed by atoms with van der Waals surface area (Å²) in [6, 6.07) is 1.90. The molecule has 1 atom stereocenters. The first-order valence-electron chi connectivity index (χ1n) is 6.64. The zero-order chi connectivity index (χ0) is 14.2. The molecule has 104 valence electrons. The van der Waals surface area contributed by atoms with Crippen LogP contribution >= 0.6 is 0 Å². The highest BCUT2D eigenvalue weighted by molar-refractivity contribution is 5.96. The molecule has 1 aliphatic heterocycles. The molecular weight excluding hydrogens is 244 g/mol. The molecule has 0 spiro atoms. The molecule has 1 aromatic heterocycles. The average Bonchev–Trinajstić information content (AvgIpc) is 2.94. The van der Waals surface area contributed by atoms with Crippen LogP contribution in [0.3, 0.4) is 0 Å². The number of carbonyl (C=O) groups excluding carboxylic acids is 1. The number of likely N-dealkylation sites (tertiary alicyclic amines) is 1. The van der Waals surface area contributed by atoms with E-state index in [0.29, 0.717) is 25.1 Å². The molecule has 0 unspecified atom stereocenters. The fraction of sp³-hybridized carbons (Fsp3) is 0.571. The van der Waals surface area contributed by atoms with Gasteiger partial charge < -0.3 is 14.6 Å². The Labute approximate surface area is 112 Å². The first-order valence-corrected chi connectivity index (χ1v) is 6.64. The van der Waals surface area contributed by atoms with Gasteiger partial charge in [0.2, 0.25) is 0 Å². The van der Waals surface area contributed by atoms with Gasteiger partial charge in [0.05, 0.1) is 11.5 Å². The first-order chi connectivity index (χ1) is 8.95. The van der Waals surface area contributed by atoms with E-state index in [1.165, 1.54) is 0 Å². The van der Waals surface area contributed by atoms with Crippen LogP contribution < -0.4 is 0 Å². The number of aromatic nitrogens is 1. The summed E-state index contributed by atoms with van der Waals surface area (Å²) in [4.78, 5) is 25.0. The number of nitrogens with zero attached hydrogens (tertiary/aromatic N) is 2. The van der Waals surface area contributed by atoms with E-state index in [4.69, 9.17) is 5.11 Å². The second-order valence-corrected chi connectivity index (χ2v) is 5.10. The van der Waals surface area contributed by atoms with Crippen molar-refractivity contribution in [3.8, 4) is 0 Å². The van der Waals surface area contributed by atoms with Crippen LogP contribution in [0.5, 0.6) is 0 Å². The Balaban J connectivity index is 2.19. The standard InChI is InChI=1S/C14H20N2O3/c1-4-16-9(2)7-12(10(16)3)13(17)15-6-5-11(8-15)14(18)19/h7,11H,4-6,8H2,1-3H3,(H,18,19)/t11-/m1/s1. The van der Waals surface area contributed by atoms with Crippen LogP contribution in [0.2, 0.25) is 0 Å². The van der Waals surface area contributed by atoms with Gasteiger partial charge in [0.25, 0.3) is 5.91 Å². The number of rotatable bonds is 3. The molecule has 1 saturated heterocycles. The summed E-state index contributed by atoms with van der Waals surface area (Å²) in [6.45, 7) is 7.66. The van der Waals surface area contributed by atoms with Crippen molar-refractivity contribution in [2.45, 2.75) is 33.7 Å². The molecular formula is C14H20N2O3. The average molecular weight is 264 g/mol. The molecule has 0 radical (unpaired) electrons. The molecule has 5 heteroatoms. The number of hydrogen-bond acceptors (Lipinski definition) is 2. The number of carboxylic acids is 1. The zero-order valence-corrected chi connectivity index (χ0v) is 11.6. The van der Waals surface area contributed by atoms with Crippen molar-refractivity contribution in [2.75, 3.05) is 13.1 Å². The van der Waals surface area contributed by atoms with Crippen molar-refractivity contribution < 1.29 is 14.7 Å². The number of hydrogen-bond donors (Lipinski definition) is 1. The second-order valence-electron chi connectivity index (χ2n) is 5.10. The second kappa shape index (κ2) is 5.07. The van der Waals surface area contributed by atoms with Gasteiger partial charge in [-0.1, -0.05) is 0 Å². The van der Waals surface area contributed by atoms with E-state index in [9.17, 15) is 9.59 Å². The van der Waals surface area contributed by atoms with Crippen LogP contribution in [0, 0.1) is 19.8 Å². The summed E-state index contributed by atoms with van der Waals surface area (Å²) < 4.78 is 2.10. The molecule has 1 N–H and O–H groups in total. The summed E-state index contributed by atoms with van der Waals surface area (Å²) in [5.41, 5.74) is 2.73. The Morgan fingerprint density at radius 2 is 2.11 bits per heavy atom. The van der Waals surface area contributed by atoms with E-state index < -0.39 is 11.9 Å². The predicted molar refractivity (Wildman–Crippen MR) is 71.2 cm³/mol. The van der Waals surface area contributed by atoms with Gasteiger partial charge >= 0.3 is 5.97 Å². The zero-order valence-electron chi connectivity index (χ0n) is 11.6. The summed E-state index contributed by atoms with van der Waals surface area (Å²) in [7, 11) is 0. The lowest BCUT2D eigenvalue weighted by atomic mass is 10.1. The Morgan fingerprint density at radius 3 is 2.58 bits per heavy atom.